The van der Waals surface area contributed by atoms with Gasteiger partial charge in [-0.1, -0.05) is 17.3 Å². The molecule has 21 heavy (non-hydrogen) atoms. The molecule has 1 heterocycles. The van der Waals surface area contributed by atoms with Crippen molar-refractivity contribution in [1.29, 1.82) is 0 Å². The molecule has 0 aliphatic rings. The molecule has 1 aromatic carbocycles. The van der Waals surface area contributed by atoms with Crippen molar-refractivity contribution in [3.05, 3.63) is 58.0 Å². The number of H-pyrrole nitrogens is 1. The summed E-state index contributed by atoms with van der Waals surface area (Å²) in [6.45, 7) is 0. The van der Waals surface area contributed by atoms with Gasteiger partial charge in [-0.05, 0) is 18.2 Å². The highest BCUT2D eigenvalue weighted by molar-refractivity contribution is 6.10. The van der Waals surface area contributed by atoms with E-state index in [9.17, 15) is 9.59 Å². The van der Waals surface area contributed by atoms with Gasteiger partial charge in [-0.3, -0.25) is 9.59 Å². The first-order valence-electron chi connectivity index (χ1n) is 5.95. The van der Waals surface area contributed by atoms with E-state index in [0.29, 0.717) is 11.3 Å². The van der Waals surface area contributed by atoms with Crippen LogP contribution < -0.4 is 16.2 Å². The highest BCUT2D eigenvalue weighted by atomic mass is 16.4. The summed E-state index contributed by atoms with van der Waals surface area (Å²) >= 11 is 0. The number of amidine groups is 1. The van der Waals surface area contributed by atoms with Crippen LogP contribution >= 0.6 is 0 Å². The number of aromatic amines is 1. The van der Waals surface area contributed by atoms with Gasteiger partial charge in [-0.15, -0.1) is 0 Å². The maximum absolute atomic E-state index is 12.3. The molecular formula is C13H13N5O3. The molecule has 4 N–H and O–H groups in total. The fraction of sp³-hybridized carbons (Fsp3) is 0.0769. The van der Waals surface area contributed by atoms with Crippen LogP contribution in [0.2, 0.25) is 0 Å². The number of carbonyl (C=O) groups is 1. The summed E-state index contributed by atoms with van der Waals surface area (Å²) in [5.74, 6) is -0.552. The summed E-state index contributed by atoms with van der Waals surface area (Å²) < 4.78 is 0. The molecule has 8 heteroatoms. The Balaban J connectivity index is 2.40. The van der Waals surface area contributed by atoms with Crippen molar-refractivity contribution in [3.63, 3.8) is 0 Å². The molecular weight excluding hydrogens is 274 g/mol. The first kappa shape index (κ1) is 14.3. The summed E-state index contributed by atoms with van der Waals surface area (Å²) in [6.07, 6.45) is 0. The lowest BCUT2D eigenvalue weighted by atomic mass is 10.1. The second-order valence-electron chi connectivity index (χ2n) is 4.17. The zero-order chi connectivity index (χ0) is 15.4. The molecule has 0 bridgehead atoms. The molecule has 2 rings (SSSR count). The van der Waals surface area contributed by atoms with Crippen LogP contribution in [0, 0.1) is 0 Å². The van der Waals surface area contributed by atoms with Gasteiger partial charge < -0.3 is 15.8 Å². The Morgan fingerprint density at radius 2 is 2.05 bits per heavy atom. The van der Waals surface area contributed by atoms with Gasteiger partial charge in [0.1, 0.15) is 5.69 Å². The summed E-state index contributed by atoms with van der Waals surface area (Å²) in [5.41, 5.74) is 6.12. The number of hydrogen-bond donors (Lipinski definition) is 3. The van der Waals surface area contributed by atoms with Crippen LogP contribution in [0.4, 0.5) is 5.69 Å². The normalized spacial score (nSPS) is 11.2. The molecule has 1 amide bonds. The van der Waals surface area contributed by atoms with Crippen molar-refractivity contribution in [2.45, 2.75) is 0 Å². The number of benzene rings is 1. The fourth-order valence-corrected chi connectivity index (χ4v) is 1.78. The summed E-state index contributed by atoms with van der Waals surface area (Å²) in [6, 6.07) is 9.22. The highest BCUT2D eigenvalue weighted by Gasteiger charge is 2.19. The smallest absolute Gasteiger partial charge is 0.278 e. The molecule has 0 atom stereocenters. The number of hydrogen-bond acceptors (Lipinski definition) is 5. The van der Waals surface area contributed by atoms with Crippen LogP contribution in [-0.2, 0) is 0 Å². The number of oxime groups is 1. The Bertz CT molecular complexity index is 733. The molecule has 0 aliphatic carbocycles. The number of nitrogens with one attached hydrogen (secondary N) is 1. The average molecular weight is 287 g/mol. The number of anilines is 1. The molecule has 8 nitrogen and oxygen atoms in total. The van der Waals surface area contributed by atoms with Crippen LogP contribution in [0.3, 0.4) is 0 Å². The van der Waals surface area contributed by atoms with E-state index in [1.165, 1.54) is 24.1 Å². The second-order valence-corrected chi connectivity index (χ2v) is 4.17. The highest BCUT2D eigenvalue weighted by Crippen LogP contribution is 2.20. The van der Waals surface area contributed by atoms with Crippen molar-refractivity contribution in [2.75, 3.05) is 11.9 Å². The van der Waals surface area contributed by atoms with Gasteiger partial charge in [-0.25, -0.2) is 5.10 Å². The van der Waals surface area contributed by atoms with E-state index in [2.05, 4.69) is 15.4 Å². The molecule has 0 spiro atoms. The maximum atomic E-state index is 12.3. The van der Waals surface area contributed by atoms with Gasteiger partial charge >= 0.3 is 0 Å². The van der Waals surface area contributed by atoms with Gasteiger partial charge in [0.2, 0.25) is 0 Å². The minimum atomic E-state index is -0.440. The van der Waals surface area contributed by atoms with Crippen LogP contribution in [0.15, 0.2) is 46.3 Å². The molecule has 0 radical (unpaired) electrons. The molecule has 108 valence electrons. The Hall–Kier alpha value is -3.16. The molecule has 0 aliphatic heterocycles. The molecule has 0 unspecified atom stereocenters. The number of carbonyl (C=O) groups excluding carboxylic acids is 1. The van der Waals surface area contributed by atoms with Gasteiger partial charge in [0, 0.05) is 18.7 Å². The van der Waals surface area contributed by atoms with Crippen LogP contribution in [0.5, 0.6) is 0 Å². The number of nitrogens with zero attached hydrogens (tertiary/aromatic N) is 3. The Kier molecular flexibility index (Phi) is 3.98. The van der Waals surface area contributed by atoms with E-state index in [1.807, 2.05) is 0 Å². The van der Waals surface area contributed by atoms with Crippen molar-refractivity contribution in [3.8, 4) is 0 Å². The lowest BCUT2D eigenvalue weighted by Gasteiger charge is -2.19. The summed E-state index contributed by atoms with van der Waals surface area (Å²) in [7, 11) is 1.53. The number of amides is 1. The van der Waals surface area contributed by atoms with Crippen molar-refractivity contribution in [1.82, 2.24) is 10.2 Å². The third-order valence-electron chi connectivity index (χ3n) is 2.85. The third-order valence-corrected chi connectivity index (χ3v) is 2.85. The van der Waals surface area contributed by atoms with E-state index in [1.54, 1.807) is 24.3 Å². The molecule has 0 fully saturated rings. The van der Waals surface area contributed by atoms with Crippen molar-refractivity contribution < 1.29 is 10.0 Å². The molecule has 1 aromatic heterocycles. The van der Waals surface area contributed by atoms with E-state index in [0.717, 1.165) is 0 Å². The number of aromatic nitrogens is 2. The molecule has 0 saturated heterocycles. The predicted octanol–water partition coefficient (Wildman–Crippen LogP) is 0.141. The Morgan fingerprint density at radius 1 is 1.33 bits per heavy atom. The van der Waals surface area contributed by atoms with Crippen LogP contribution in [0.1, 0.15) is 16.1 Å². The second kappa shape index (κ2) is 5.87. The zero-order valence-electron chi connectivity index (χ0n) is 11.1. The average Bonchev–Trinajstić information content (AvgIpc) is 2.53. The third kappa shape index (κ3) is 2.89. The standard InChI is InChI=1S/C13H13N5O3/c1-18(13(20)9-6-7-11(19)16-15-9)10-5-3-2-4-8(10)12(14)17-21/h2-7,21H,1H3,(H2,14,17)(H,16,19). The predicted molar refractivity (Wildman–Crippen MR) is 76.5 cm³/mol. The van der Waals surface area contributed by atoms with Gasteiger partial charge in [0.15, 0.2) is 5.84 Å². The van der Waals surface area contributed by atoms with Crippen LogP contribution in [-0.4, -0.2) is 34.2 Å². The number of para-hydroxylation sites is 1. The minimum Gasteiger partial charge on any atom is -0.409 e. The molecule has 0 saturated carbocycles. The Morgan fingerprint density at radius 3 is 2.67 bits per heavy atom. The fourth-order valence-electron chi connectivity index (χ4n) is 1.78. The topological polar surface area (TPSA) is 125 Å². The van der Waals surface area contributed by atoms with Gasteiger partial charge in [0.25, 0.3) is 11.5 Å². The first-order valence-corrected chi connectivity index (χ1v) is 5.95. The quantitative estimate of drug-likeness (QED) is 0.320. The molecule has 2 aromatic rings. The number of nitrogens with two attached hydrogens (primary N) is 1. The van der Waals surface area contributed by atoms with Crippen LogP contribution in [0.25, 0.3) is 0 Å². The minimum absolute atomic E-state index is 0.0754. The lowest BCUT2D eigenvalue weighted by Crippen LogP contribution is -2.30. The van der Waals surface area contributed by atoms with Crippen molar-refractivity contribution in [2.24, 2.45) is 10.9 Å². The lowest BCUT2D eigenvalue weighted by molar-refractivity contribution is 0.0987. The SMILES string of the molecule is CN(C(=O)c1ccc(=O)[nH]n1)c1ccccc1/C(N)=N/O. The zero-order valence-corrected chi connectivity index (χ0v) is 11.1. The number of rotatable bonds is 3. The van der Waals surface area contributed by atoms with Crippen molar-refractivity contribution >= 4 is 17.4 Å². The summed E-state index contributed by atoms with van der Waals surface area (Å²) in [5, 5.41) is 17.6. The summed E-state index contributed by atoms with van der Waals surface area (Å²) in [4.78, 5) is 24.6. The van der Waals surface area contributed by atoms with E-state index < -0.39 is 11.5 Å². The maximum Gasteiger partial charge on any atom is 0.278 e. The van der Waals surface area contributed by atoms with Gasteiger partial charge in [-0.2, -0.15) is 5.10 Å². The largest absolute Gasteiger partial charge is 0.409 e. The van der Waals surface area contributed by atoms with E-state index >= 15 is 0 Å². The van der Waals surface area contributed by atoms with E-state index in [4.69, 9.17) is 10.9 Å². The van der Waals surface area contributed by atoms with Gasteiger partial charge in [0.05, 0.1) is 5.69 Å². The Labute approximate surface area is 119 Å². The van der Waals surface area contributed by atoms with E-state index in [-0.39, 0.29) is 11.5 Å². The first-order chi connectivity index (χ1) is 10.0. The monoisotopic (exact) mass is 287 g/mol.